The van der Waals surface area contributed by atoms with Gasteiger partial charge in [0.1, 0.15) is 6.17 Å². The van der Waals surface area contributed by atoms with Gasteiger partial charge in [-0.3, -0.25) is 0 Å². The van der Waals surface area contributed by atoms with E-state index in [-0.39, 0.29) is 0 Å². The monoisotopic (exact) mass is 603 g/mol. The van der Waals surface area contributed by atoms with E-state index in [1.165, 1.54) is 225 Å². The molecule has 0 aromatic heterocycles. The van der Waals surface area contributed by atoms with E-state index in [4.69, 9.17) is 0 Å². The van der Waals surface area contributed by atoms with E-state index in [0.717, 1.165) is 0 Å². The van der Waals surface area contributed by atoms with Crippen LogP contribution in [0.5, 0.6) is 0 Å². The normalized spacial score (nSPS) is 14.9. The van der Waals surface area contributed by atoms with Gasteiger partial charge in [-0.2, -0.15) is 0 Å². The predicted octanol–water partition coefficient (Wildman–Crippen LogP) is 14.3. The van der Waals surface area contributed by atoms with Gasteiger partial charge < -0.3 is 9.80 Å². The van der Waals surface area contributed by atoms with Gasteiger partial charge in [0, 0.05) is 25.5 Å². The molecule has 0 radical (unpaired) electrons. The first-order valence-electron chi connectivity index (χ1n) is 20.5. The Morgan fingerprint density at radius 2 is 0.535 bits per heavy atom. The summed E-state index contributed by atoms with van der Waals surface area (Å²) in [5.74, 6) is 0. The zero-order chi connectivity index (χ0) is 30.9. The average Bonchev–Trinajstić information content (AvgIpc) is 3.40. The Morgan fingerprint density at radius 1 is 0.302 bits per heavy atom. The third-order valence-corrected chi connectivity index (χ3v) is 10.1. The molecule has 1 atom stereocenters. The third kappa shape index (κ3) is 25.2. The topological polar surface area (TPSA) is 6.48 Å². The fraction of sp³-hybridized carbons (Fsp3) is 0.951. The Balaban J connectivity index is 2.20. The van der Waals surface area contributed by atoms with Crippen molar-refractivity contribution in [1.82, 2.24) is 9.80 Å². The van der Waals surface area contributed by atoms with Crippen molar-refractivity contribution < 1.29 is 0 Å². The molecule has 1 rings (SSSR count). The SMILES string of the molecule is CCCCCCCCCCCCCCCCN1C=CN(CCCCCCCCCC)C1CCCCCCCCCCCC. The minimum Gasteiger partial charge on any atom is -0.356 e. The molecule has 0 amide bonds. The highest BCUT2D eigenvalue weighted by molar-refractivity contribution is 4.97. The van der Waals surface area contributed by atoms with Crippen LogP contribution in [0.2, 0.25) is 0 Å². The van der Waals surface area contributed by atoms with Crippen LogP contribution in [0.15, 0.2) is 12.4 Å². The summed E-state index contributed by atoms with van der Waals surface area (Å²) in [5.41, 5.74) is 0. The molecule has 0 saturated heterocycles. The highest BCUT2D eigenvalue weighted by Crippen LogP contribution is 2.24. The van der Waals surface area contributed by atoms with E-state index in [2.05, 4.69) is 43.0 Å². The lowest BCUT2D eigenvalue weighted by Gasteiger charge is -2.33. The van der Waals surface area contributed by atoms with Crippen molar-refractivity contribution in [2.75, 3.05) is 13.1 Å². The Hall–Kier alpha value is -0.660. The molecule has 0 aromatic rings. The lowest BCUT2D eigenvalue weighted by atomic mass is 10.0. The number of unbranched alkanes of at least 4 members (excludes halogenated alkanes) is 29. The fourth-order valence-corrected chi connectivity index (χ4v) is 7.07. The zero-order valence-corrected chi connectivity index (χ0v) is 30.4. The van der Waals surface area contributed by atoms with Crippen molar-refractivity contribution in [2.45, 2.75) is 239 Å². The molecule has 1 aliphatic rings. The van der Waals surface area contributed by atoms with Gasteiger partial charge in [0.2, 0.25) is 0 Å². The van der Waals surface area contributed by atoms with Crippen LogP contribution in [-0.4, -0.2) is 29.1 Å². The second-order valence-corrected chi connectivity index (χ2v) is 14.3. The fourth-order valence-electron chi connectivity index (χ4n) is 7.07. The van der Waals surface area contributed by atoms with Crippen molar-refractivity contribution in [3.05, 3.63) is 12.4 Å². The van der Waals surface area contributed by atoms with Crippen LogP contribution in [0.25, 0.3) is 0 Å². The average molecular weight is 603 g/mol. The molecule has 0 aliphatic carbocycles. The van der Waals surface area contributed by atoms with Crippen LogP contribution in [0.4, 0.5) is 0 Å². The van der Waals surface area contributed by atoms with Crippen LogP contribution in [0.1, 0.15) is 233 Å². The molecule has 256 valence electrons. The van der Waals surface area contributed by atoms with Gasteiger partial charge in [0.25, 0.3) is 0 Å². The standard InChI is InChI=1S/C41H82N2/c1-4-7-10-13-16-19-21-22-23-24-26-29-32-35-38-43-40-39-42(37-34-31-28-18-15-12-9-6-3)41(43)36-33-30-27-25-20-17-14-11-8-5-2/h39-41H,4-38H2,1-3H3. The van der Waals surface area contributed by atoms with E-state index in [1.807, 2.05) is 0 Å². The molecule has 0 aromatic carbocycles. The van der Waals surface area contributed by atoms with Crippen molar-refractivity contribution in [2.24, 2.45) is 0 Å². The summed E-state index contributed by atoms with van der Waals surface area (Å²) >= 11 is 0. The predicted molar refractivity (Wildman–Crippen MR) is 196 cm³/mol. The lowest BCUT2D eigenvalue weighted by Crippen LogP contribution is -2.39. The van der Waals surface area contributed by atoms with E-state index in [0.29, 0.717) is 6.17 Å². The van der Waals surface area contributed by atoms with Crippen molar-refractivity contribution >= 4 is 0 Å². The molecule has 43 heavy (non-hydrogen) atoms. The quantitative estimate of drug-likeness (QED) is 0.0666. The number of hydrogen-bond acceptors (Lipinski definition) is 2. The summed E-state index contributed by atoms with van der Waals surface area (Å²) in [4.78, 5) is 5.44. The molecule has 0 spiro atoms. The smallest absolute Gasteiger partial charge is 0.101 e. The molecule has 0 N–H and O–H groups in total. The van der Waals surface area contributed by atoms with Gasteiger partial charge in [-0.15, -0.1) is 0 Å². The summed E-state index contributed by atoms with van der Waals surface area (Å²) in [6, 6.07) is 0. The molecule has 2 heteroatoms. The molecule has 1 heterocycles. The van der Waals surface area contributed by atoms with Crippen molar-refractivity contribution in [1.29, 1.82) is 0 Å². The Bertz CT molecular complexity index is 558. The molecule has 1 unspecified atom stereocenters. The van der Waals surface area contributed by atoms with Gasteiger partial charge in [-0.1, -0.05) is 207 Å². The molecule has 0 bridgehead atoms. The molecule has 1 aliphatic heterocycles. The molecule has 0 saturated carbocycles. The van der Waals surface area contributed by atoms with Gasteiger partial charge in [-0.05, 0) is 25.7 Å². The third-order valence-electron chi connectivity index (χ3n) is 10.1. The van der Waals surface area contributed by atoms with Crippen LogP contribution in [0, 0.1) is 0 Å². The van der Waals surface area contributed by atoms with Crippen LogP contribution in [-0.2, 0) is 0 Å². The first-order valence-corrected chi connectivity index (χ1v) is 20.5. The highest BCUT2D eigenvalue weighted by Gasteiger charge is 2.24. The molecular weight excluding hydrogens is 520 g/mol. The molecular formula is C41H82N2. The van der Waals surface area contributed by atoms with Crippen molar-refractivity contribution in [3.8, 4) is 0 Å². The minimum absolute atomic E-state index is 0.639. The van der Waals surface area contributed by atoms with Gasteiger partial charge >= 0.3 is 0 Å². The number of rotatable bonds is 35. The second-order valence-electron chi connectivity index (χ2n) is 14.3. The van der Waals surface area contributed by atoms with Gasteiger partial charge in [0.05, 0.1) is 0 Å². The summed E-state index contributed by atoms with van der Waals surface area (Å²) in [7, 11) is 0. The lowest BCUT2D eigenvalue weighted by molar-refractivity contribution is 0.135. The number of nitrogens with zero attached hydrogens (tertiary/aromatic N) is 2. The first-order chi connectivity index (χ1) is 21.3. The van der Waals surface area contributed by atoms with Gasteiger partial charge in [-0.25, -0.2) is 0 Å². The second kappa shape index (κ2) is 32.7. The summed E-state index contributed by atoms with van der Waals surface area (Å²) < 4.78 is 0. The van der Waals surface area contributed by atoms with Crippen LogP contribution < -0.4 is 0 Å². The Labute approximate surface area is 273 Å². The summed E-state index contributed by atoms with van der Waals surface area (Å²) in [6.07, 6.45) is 52.9. The maximum absolute atomic E-state index is 2.72. The van der Waals surface area contributed by atoms with Crippen LogP contribution in [0.3, 0.4) is 0 Å². The van der Waals surface area contributed by atoms with Crippen molar-refractivity contribution in [3.63, 3.8) is 0 Å². The minimum atomic E-state index is 0.639. The zero-order valence-electron chi connectivity index (χ0n) is 30.4. The van der Waals surface area contributed by atoms with E-state index in [9.17, 15) is 0 Å². The first kappa shape index (κ1) is 40.4. The molecule has 0 fully saturated rings. The number of hydrogen-bond donors (Lipinski definition) is 0. The summed E-state index contributed by atoms with van der Waals surface area (Å²) in [5, 5.41) is 0. The largest absolute Gasteiger partial charge is 0.356 e. The maximum Gasteiger partial charge on any atom is 0.101 e. The summed E-state index contributed by atoms with van der Waals surface area (Å²) in [6.45, 7) is 9.48. The highest BCUT2D eigenvalue weighted by atomic mass is 15.4. The van der Waals surface area contributed by atoms with Crippen LogP contribution >= 0.6 is 0 Å². The molecule has 2 nitrogen and oxygen atoms in total. The Morgan fingerprint density at radius 3 is 0.814 bits per heavy atom. The van der Waals surface area contributed by atoms with E-state index < -0.39 is 0 Å². The van der Waals surface area contributed by atoms with E-state index in [1.54, 1.807) is 0 Å². The maximum atomic E-state index is 2.72. The Kier molecular flexibility index (Phi) is 30.7. The van der Waals surface area contributed by atoms with Gasteiger partial charge in [0.15, 0.2) is 0 Å². The van der Waals surface area contributed by atoms with E-state index >= 15 is 0 Å².